The Morgan fingerprint density at radius 1 is 1.89 bits per heavy atom. The predicted molar refractivity (Wildman–Crippen MR) is 34.7 cm³/mol. The van der Waals surface area contributed by atoms with E-state index in [4.69, 9.17) is 0 Å². The van der Waals surface area contributed by atoms with Gasteiger partial charge in [0, 0.05) is 13.6 Å². The van der Waals surface area contributed by atoms with Gasteiger partial charge in [0.05, 0.1) is 0 Å². The Morgan fingerprint density at radius 2 is 2.67 bits per heavy atom. The molecule has 1 aromatic rings. The average molecular weight is 125 g/mol. The highest BCUT2D eigenvalue weighted by atomic mass is 15.3. The summed E-state index contributed by atoms with van der Waals surface area (Å²) < 4.78 is 1.87. The summed E-state index contributed by atoms with van der Waals surface area (Å²) in [4.78, 5) is 0. The molecule has 0 saturated heterocycles. The van der Waals surface area contributed by atoms with Crippen LogP contribution in [0, 0.1) is 7.05 Å². The Balaban J connectivity index is 2.85. The average Bonchev–Trinajstić information content (AvgIpc) is 2.33. The molecule has 0 fully saturated rings. The first-order valence-corrected chi connectivity index (χ1v) is 2.79. The van der Waals surface area contributed by atoms with Crippen LogP contribution in [0.15, 0.2) is 6.33 Å². The van der Waals surface area contributed by atoms with Gasteiger partial charge in [-0.2, -0.15) is 0 Å². The van der Waals surface area contributed by atoms with Crippen LogP contribution in [0.1, 0.15) is 6.92 Å². The van der Waals surface area contributed by atoms with Gasteiger partial charge in [-0.15, -0.1) is 10.2 Å². The van der Waals surface area contributed by atoms with E-state index in [9.17, 15) is 0 Å². The van der Waals surface area contributed by atoms with Gasteiger partial charge in [0.25, 0.3) is 0 Å². The van der Waals surface area contributed by atoms with Crippen molar-refractivity contribution >= 4 is 5.95 Å². The minimum Gasteiger partial charge on any atom is -0.353 e. The van der Waals surface area contributed by atoms with Crippen LogP contribution in [0.4, 0.5) is 5.95 Å². The molecule has 1 aromatic heterocycles. The first-order chi connectivity index (χ1) is 4.38. The monoisotopic (exact) mass is 125 g/mol. The van der Waals surface area contributed by atoms with Crippen molar-refractivity contribution in [3.8, 4) is 0 Å². The molecule has 0 bridgehead atoms. The number of nitrogens with one attached hydrogen (secondary N) is 1. The lowest BCUT2D eigenvalue weighted by Gasteiger charge is -1.98. The zero-order valence-corrected chi connectivity index (χ0v) is 5.33. The third-order valence-electron chi connectivity index (χ3n) is 1.11. The summed E-state index contributed by atoms with van der Waals surface area (Å²) in [5, 5.41) is 10.1. The van der Waals surface area contributed by atoms with E-state index in [1.54, 1.807) is 6.33 Å². The fraction of sp³-hybridized carbons (Fsp3) is 0.400. The van der Waals surface area contributed by atoms with Gasteiger partial charge in [-0.05, 0) is 6.92 Å². The standard InChI is InChI=1S/C5H9N4/c1-3-9-4-7-8-5(9)6-2/h4H,2-3H2,1H3,(H,6,8). The number of anilines is 1. The molecular formula is C5H9N4. The van der Waals surface area contributed by atoms with Crippen molar-refractivity contribution < 1.29 is 0 Å². The van der Waals surface area contributed by atoms with Crippen LogP contribution in [0.2, 0.25) is 0 Å². The van der Waals surface area contributed by atoms with Gasteiger partial charge in [-0.1, -0.05) is 0 Å². The molecule has 0 aliphatic heterocycles. The Kier molecular flexibility index (Phi) is 1.67. The van der Waals surface area contributed by atoms with Crippen molar-refractivity contribution in [1.82, 2.24) is 14.8 Å². The summed E-state index contributed by atoms with van der Waals surface area (Å²) in [5.74, 6) is 0.706. The molecule has 0 unspecified atom stereocenters. The van der Waals surface area contributed by atoms with E-state index in [0.717, 1.165) is 6.54 Å². The number of hydrogen-bond acceptors (Lipinski definition) is 3. The first kappa shape index (κ1) is 6.07. The fourth-order valence-electron chi connectivity index (χ4n) is 0.623. The zero-order chi connectivity index (χ0) is 6.69. The molecular weight excluding hydrogens is 116 g/mol. The van der Waals surface area contributed by atoms with Gasteiger partial charge >= 0.3 is 0 Å². The number of aryl methyl sites for hydroxylation is 1. The molecule has 1 N–H and O–H groups in total. The Morgan fingerprint density at radius 3 is 3.11 bits per heavy atom. The predicted octanol–water partition coefficient (Wildman–Crippen LogP) is 0.501. The molecule has 0 aliphatic carbocycles. The van der Waals surface area contributed by atoms with Crippen molar-refractivity contribution in [2.45, 2.75) is 13.5 Å². The second kappa shape index (κ2) is 2.48. The van der Waals surface area contributed by atoms with Gasteiger partial charge in [0.1, 0.15) is 6.33 Å². The molecule has 49 valence electrons. The van der Waals surface area contributed by atoms with E-state index in [0.29, 0.717) is 5.95 Å². The smallest absolute Gasteiger partial charge is 0.224 e. The van der Waals surface area contributed by atoms with Crippen LogP contribution in [0.3, 0.4) is 0 Å². The highest BCUT2D eigenvalue weighted by molar-refractivity contribution is 5.22. The maximum absolute atomic E-state index is 3.74. The van der Waals surface area contributed by atoms with Gasteiger partial charge in [0.15, 0.2) is 0 Å². The van der Waals surface area contributed by atoms with E-state index in [-0.39, 0.29) is 0 Å². The minimum atomic E-state index is 0.706. The van der Waals surface area contributed by atoms with Crippen LogP contribution < -0.4 is 5.32 Å². The van der Waals surface area contributed by atoms with E-state index in [1.165, 1.54) is 0 Å². The Hall–Kier alpha value is -1.06. The maximum atomic E-state index is 3.74. The van der Waals surface area contributed by atoms with E-state index < -0.39 is 0 Å². The minimum absolute atomic E-state index is 0.706. The summed E-state index contributed by atoms with van der Waals surface area (Å²) >= 11 is 0. The first-order valence-electron chi connectivity index (χ1n) is 2.79. The zero-order valence-electron chi connectivity index (χ0n) is 5.33. The van der Waals surface area contributed by atoms with E-state index in [1.807, 2.05) is 11.5 Å². The van der Waals surface area contributed by atoms with E-state index >= 15 is 0 Å². The summed E-state index contributed by atoms with van der Waals surface area (Å²) in [6.45, 7) is 2.88. The lowest BCUT2D eigenvalue weighted by Crippen LogP contribution is -1.98. The van der Waals surface area contributed by atoms with Gasteiger partial charge in [-0.3, -0.25) is 0 Å². The lowest BCUT2D eigenvalue weighted by atomic mass is 10.7. The molecule has 4 nitrogen and oxygen atoms in total. The second-order valence-electron chi connectivity index (χ2n) is 1.62. The molecule has 1 heterocycles. The molecule has 1 rings (SSSR count). The molecule has 0 spiro atoms. The normalized spacial score (nSPS) is 9.56. The van der Waals surface area contributed by atoms with Crippen LogP contribution in [-0.4, -0.2) is 14.8 Å². The summed E-state index contributed by atoms with van der Waals surface area (Å²) in [7, 11) is 3.46. The largest absolute Gasteiger partial charge is 0.353 e. The number of hydrogen-bond donors (Lipinski definition) is 1. The van der Waals surface area contributed by atoms with Crippen molar-refractivity contribution in [2.75, 3.05) is 5.32 Å². The Labute approximate surface area is 53.9 Å². The summed E-state index contributed by atoms with van der Waals surface area (Å²) in [6, 6.07) is 0. The van der Waals surface area contributed by atoms with Crippen LogP contribution in [-0.2, 0) is 6.54 Å². The number of nitrogens with zero attached hydrogens (tertiary/aromatic N) is 3. The third-order valence-corrected chi connectivity index (χ3v) is 1.11. The van der Waals surface area contributed by atoms with Crippen molar-refractivity contribution in [3.05, 3.63) is 13.4 Å². The molecule has 0 amide bonds. The molecule has 0 atom stereocenters. The molecule has 0 saturated carbocycles. The molecule has 1 radical (unpaired) electrons. The van der Waals surface area contributed by atoms with Gasteiger partial charge in [-0.25, -0.2) is 0 Å². The van der Waals surface area contributed by atoms with Gasteiger partial charge < -0.3 is 9.88 Å². The number of rotatable bonds is 2. The highest BCUT2D eigenvalue weighted by Gasteiger charge is 1.95. The maximum Gasteiger partial charge on any atom is 0.224 e. The highest BCUT2D eigenvalue weighted by Crippen LogP contribution is 1.98. The van der Waals surface area contributed by atoms with Crippen LogP contribution in [0.25, 0.3) is 0 Å². The van der Waals surface area contributed by atoms with Gasteiger partial charge in [0.2, 0.25) is 5.95 Å². The van der Waals surface area contributed by atoms with E-state index in [2.05, 4.69) is 22.6 Å². The molecule has 0 aliphatic rings. The van der Waals surface area contributed by atoms with Crippen LogP contribution >= 0.6 is 0 Å². The Bertz CT molecular complexity index is 162. The quantitative estimate of drug-likeness (QED) is 0.626. The second-order valence-corrected chi connectivity index (χ2v) is 1.62. The summed E-state index contributed by atoms with van der Waals surface area (Å²) in [5.41, 5.74) is 0. The third kappa shape index (κ3) is 1.01. The molecule has 0 aromatic carbocycles. The molecule has 9 heavy (non-hydrogen) atoms. The summed E-state index contributed by atoms with van der Waals surface area (Å²) in [6.07, 6.45) is 1.66. The SMILES string of the molecule is [CH2]Nc1nncn1CC. The van der Waals surface area contributed by atoms with Crippen molar-refractivity contribution in [3.63, 3.8) is 0 Å². The van der Waals surface area contributed by atoms with Crippen molar-refractivity contribution in [1.29, 1.82) is 0 Å². The fourth-order valence-corrected chi connectivity index (χ4v) is 0.623. The lowest BCUT2D eigenvalue weighted by molar-refractivity contribution is 0.767. The number of aromatic nitrogens is 3. The van der Waals surface area contributed by atoms with Crippen LogP contribution in [0.5, 0.6) is 0 Å². The van der Waals surface area contributed by atoms with Crippen molar-refractivity contribution in [2.24, 2.45) is 0 Å². The molecule has 4 heteroatoms. The topological polar surface area (TPSA) is 42.7 Å².